The van der Waals surface area contributed by atoms with Gasteiger partial charge in [0.1, 0.15) is 5.01 Å². The molecule has 0 radical (unpaired) electrons. The zero-order valence-corrected chi connectivity index (χ0v) is 14.5. The fourth-order valence-corrected chi connectivity index (χ4v) is 4.99. The summed E-state index contributed by atoms with van der Waals surface area (Å²) in [6, 6.07) is 4.70. The first kappa shape index (κ1) is 15.2. The van der Waals surface area contributed by atoms with E-state index in [0.29, 0.717) is 6.04 Å². The van der Waals surface area contributed by atoms with Crippen LogP contribution in [0.1, 0.15) is 40.5 Å². The molecule has 0 amide bonds. The second kappa shape index (κ2) is 6.67. The first-order valence-electron chi connectivity index (χ1n) is 8.62. The minimum absolute atomic E-state index is 0.423. The highest BCUT2D eigenvalue weighted by Gasteiger charge is 2.26. The van der Waals surface area contributed by atoms with Crippen LogP contribution < -0.4 is 5.32 Å². The number of nitrogens with zero attached hydrogens (tertiary/aromatic N) is 3. The van der Waals surface area contributed by atoms with E-state index in [4.69, 9.17) is 4.98 Å². The van der Waals surface area contributed by atoms with Gasteiger partial charge >= 0.3 is 0 Å². The highest BCUT2D eigenvalue weighted by atomic mass is 32.1. The van der Waals surface area contributed by atoms with Crippen LogP contribution in [0.3, 0.4) is 0 Å². The number of fused-ring (bicyclic) bond motifs is 1. The predicted octanol–water partition coefficient (Wildman–Crippen LogP) is 2.81. The molecule has 2 aliphatic rings. The zero-order chi connectivity index (χ0) is 15.6. The third-order valence-electron chi connectivity index (χ3n) is 5.01. The number of rotatable bonds is 3. The first-order valence-corrected chi connectivity index (χ1v) is 9.43. The first-order chi connectivity index (χ1) is 11.3. The lowest BCUT2D eigenvalue weighted by Crippen LogP contribution is -2.45. The van der Waals surface area contributed by atoms with Gasteiger partial charge in [-0.2, -0.15) is 0 Å². The van der Waals surface area contributed by atoms with Crippen LogP contribution in [0, 0.1) is 5.92 Å². The van der Waals surface area contributed by atoms with Gasteiger partial charge in [0.2, 0.25) is 0 Å². The molecule has 2 aromatic heterocycles. The predicted molar refractivity (Wildman–Crippen MR) is 93.6 cm³/mol. The van der Waals surface area contributed by atoms with Gasteiger partial charge in [-0.1, -0.05) is 6.92 Å². The highest BCUT2D eigenvalue weighted by molar-refractivity contribution is 7.11. The second-order valence-electron chi connectivity index (χ2n) is 6.80. The van der Waals surface area contributed by atoms with E-state index in [1.807, 2.05) is 23.7 Å². The van der Waals surface area contributed by atoms with E-state index in [2.05, 4.69) is 34.3 Å². The summed E-state index contributed by atoms with van der Waals surface area (Å²) in [7, 11) is 0. The molecule has 4 rings (SSSR count). The average Bonchev–Trinajstić information content (AvgIpc) is 2.97. The summed E-state index contributed by atoms with van der Waals surface area (Å²) >= 11 is 1.94. The second-order valence-corrected chi connectivity index (χ2v) is 7.96. The van der Waals surface area contributed by atoms with Crippen molar-refractivity contribution in [2.75, 3.05) is 19.6 Å². The molecule has 2 unspecified atom stereocenters. The Kier molecular flexibility index (Phi) is 4.42. The third-order valence-corrected chi connectivity index (χ3v) is 6.12. The highest BCUT2D eigenvalue weighted by Crippen LogP contribution is 2.31. The summed E-state index contributed by atoms with van der Waals surface area (Å²) < 4.78 is 0. The molecule has 0 bridgehead atoms. The van der Waals surface area contributed by atoms with Crippen molar-refractivity contribution in [1.29, 1.82) is 0 Å². The smallest absolute Gasteiger partial charge is 0.107 e. The Morgan fingerprint density at radius 2 is 2.22 bits per heavy atom. The lowest BCUT2D eigenvalue weighted by atomic mass is 9.93. The average molecular weight is 328 g/mol. The number of aromatic nitrogens is 2. The van der Waals surface area contributed by atoms with Crippen molar-refractivity contribution >= 4 is 11.3 Å². The topological polar surface area (TPSA) is 41.1 Å². The third kappa shape index (κ3) is 3.32. The molecule has 4 nitrogen and oxygen atoms in total. The van der Waals surface area contributed by atoms with Gasteiger partial charge in [-0.05, 0) is 42.9 Å². The maximum atomic E-state index is 4.95. The van der Waals surface area contributed by atoms with E-state index in [1.54, 1.807) is 0 Å². The summed E-state index contributed by atoms with van der Waals surface area (Å²) in [6.07, 6.45) is 7.48. The minimum Gasteiger partial charge on any atom is -0.314 e. The van der Waals surface area contributed by atoms with Crippen LogP contribution in [0.2, 0.25) is 0 Å². The van der Waals surface area contributed by atoms with Crippen molar-refractivity contribution in [3.63, 3.8) is 0 Å². The molecule has 0 spiro atoms. The van der Waals surface area contributed by atoms with Crippen LogP contribution >= 0.6 is 11.3 Å². The van der Waals surface area contributed by atoms with Gasteiger partial charge < -0.3 is 5.32 Å². The summed E-state index contributed by atoms with van der Waals surface area (Å²) in [6.45, 7) is 6.47. The van der Waals surface area contributed by atoms with Crippen molar-refractivity contribution in [3.8, 4) is 0 Å². The quantitative estimate of drug-likeness (QED) is 0.941. The molecule has 5 heteroatoms. The van der Waals surface area contributed by atoms with Gasteiger partial charge in [0.25, 0.3) is 0 Å². The lowest BCUT2D eigenvalue weighted by Gasteiger charge is -2.35. The normalized spacial score (nSPS) is 25.3. The molecule has 0 saturated carbocycles. The molecular weight excluding hydrogens is 304 g/mol. The Morgan fingerprint density at radius 1 is 1.35 bits per heavy atom. The van der Waals surface area contributed by atoms with Crippen LogP contribution in [0.5, 0.6) is 0 Å². The summed E-state index contributed by atoms with van der Waals surface area (Å²) in [4.78, 5) is 13.2. The Labute approximate surface area is 142 Å². The SMILES string of the molecule is CC1CCc2nc(CN3CCNCC3c3ccncc3)sc2C1. The molecule has 23 heavy (non-hydrogen) atoms. The van der Waals surface area contributed by atoms with Gasteiger partial charge in [0.05, 0.1) is 12.2 Å². The maximum Gasteiger partial charge on any atom is 0.107 e. The van der Waals surface area contributed by atoms with E-state index >= 15 is 0 Å². The monoisotopic (exact) mass is 328 g/mol. The van der Waals surface area contributed by atoms with Gasteiger partial charge in [0.15, 0.2) is 0 Å². The van der Waals surface area contributed by atoms with Crippen molar-refractivity contribution in [2.45, 2.75) is 38.8 Å². The molecule has 0 aromatic carbocycles. The number of aryl methyl sites for hydroxylation is 1. The van der Waals surface area contributed by atoms with Crippen LogP contribution in [-0.2, 0) is 19.4 Å². The van der Waals surface area contributed by atoms with Gasteiger partial charge in [-0.3, -0.25) is 9.88 Å². The molecule has 1 fully saturated rings. The standard InChI is InChI=1S/C18H24N4S/c1-13-2-3-15-17(10-13)23-18(21-15)12-22-9-8-20-11-16(22)14-4-6-19-7-5-14/h4-7,13,16,20H,2-3,8-12H2,1H3. The Hall–Kier alpha value is -1.30. The van der Waals surface area contributed by atoms with Crippen molar-refractivity contribution in [3.05, 3.63) is 45.7 Å². The molecule has 1 saturated heterocycles. The molecule has 2 atom stereocenters. The van der Waals surface area contributed by atoms with E-state index < -0.39 is 0 Å². The fourth-order valence-electron chi connectivity index (χ4n) is 3.68. The molecular formula is C18H24N4S. The fraction of sp³-hybridized carbons (Fsp3) is 0.556. The van der Waals surface area contributed by atoms with Gasteiger partial charge in [-0.15, -0.1) is 11.3 Å². The van der Waals surface area contributed by atoms with Crippen LogP contribution in [0.25, 0.3) is 0 Å². The Balaban J connectivity index is 1.52. The van der Waals surface area contributed by atoms with Crippen LogP contribution in [0.4, 0.5) is 0 Å². The maximum absolute atomic E-state index is 4.95. The molecule has 122 valence electrons. The largest absolute Gasteiger partial charge is 0.314 e. The zero-order valence-electron chi connectivity index (χ0n) is 13.7. The molecule has 1 aliphatic heterocycles. The van der Waals surface area contributed by atoms with Crippen molar-refractivity contribution in [1.82, 2.24) is 20.2 Å². The molecule has 3 heterocycles. The number of piperazine rings is 1. The molecule has 1 N–H and O–H groups in total. The number of hydrogen-bond acceptors (Lipinski definition) is 5. The van der Waals surface area contributed by atoms with Gasteiger partial charge in [-0.25, -0.2) is 4.98 Å². The molecule has 2 aromatic rings. The van der Waals surface area contributed by atoms with Crippen LogP contribution in [-0.4, -0.2) is 34.5 Å². The minimum atomic E-state index is 0.423. The summed E-state index contributed by atoms with van der Waals surface area (Å²) in [5.74, 6) is 0.819. The van der Waals surface area contributed by atoms with E-state index in [-0.39, 0.29) is 0 Å². The van der Waals surface area contributed by atoms with E-state index in [0.717, 1.165) is 32.1 Å². The summed E-state index contributed by atoms with van der Waals surface area (Å²) in [5, 5.41) is 4.82. The lowest BCUT2D eigenvalue weighted by molar-refractivity contribution is 0.153. The number of thiazole rings is 1. The number of hydrogen-bond donors (Lipinski definition) is 1. The van der Waals surface area contributed by atoms with E-state index in [9.17, 15) is 0 Å². The summed E-state index contributed by atoms with van der Waals surface area (Å²) in [5.41, 5.74) is 2.72. The van der Waals surface area contributed by atoms with Gasteiger partial charge in [0, 0.05) is 42.9 Å². The van der Waals surface area contributed by atoms with Crippen LogP contribution in [0.15, 0.2) is 24.5 Å². The Morgan fingerprint density at radius 3 is 3.09 bits per heavy atom. The van der Waals surface area contributed by atoms with E-state index in [1.165, 1.54) is 40.4 Å². The number of nitrogens with one attached hydrogen (secondary N) is 1. The van der Waals surface area contributed by atoms with Crippen molar-refractivity contribution < 1.29 is 0 Å². The Bertz CT molecular complexity index is 654. The number of pyridine rings is 1. The molecule has 1 aliphatic carbocycles. The van der Waals surface area contributed by atoms with Crippen molar-refractivity contribution in [2.24, 2.45) is 5.92 Å².